The lowest BCUT2D eigenvalue weighted by Crippen LogP contribution is -2.22. The Hall–Kier alpha value is -2.34. The van der Waals surface area contributed by atoms with E-state index in [1.165, 1.54) is 11.8 Å². The highest BCUT2D eigenvalue weighted by Gasteiger charge is 2.18. The minimum atomic E-state index is -0.260. The first-order valence-electron chi connectivity index (χ1n) is 7.37. The number of fused-ring (bicyclic) bond motifs is 1. The van der Waals surface area contributed by atoms with Crippen LogP contribution < -0.4 is 5.32 Å². The number of rotatable bonds is 4. The van der Waals surface area contributed by atoms with Crippen molar-refractivity contribution in [3.8, 4) is 0 Å². The number of anilines is 1. The number of carbonyl (C=O) groups is 1. The standard InChI is InChI=1S/C17H18N4OS/c1-11(23-17-20-19-12(2)21(17)3)16(22)18-15-9-8-13-6-4-5-7-14(13)10-15/h4-11H,1-3H3,(H,18,22)/t11-/m1/s1. The Labute approximate surface area is 139 Å². The van der Waals surface area contributed by atoms with Gasteiger partial charge in [0.1, 0.15) is 5.82 Å². The zero-order valence-electron chi connectivity index (χ0n) is 13.3. The first-order chi connectivity index (χ1) is 11.0. The molecule has 0 saturated carbocycles. The number of aryl methyl sites for hydroxylation is 1. The highest BCUT2D eigenvalue weighted by atomic mass is 32.2. The van der Waals surface area contributed by atoms with Crippen molar-refractivity contribution in [2.45, 2.75) is 24.3 Å². The van der Waals surface area contributed by atoms with Gasteiger partial charge < -0.3 is 9.88 Å². The second-order valence-corrected chi connectivity index (χ2v) is 6.71. The number of nitrogens with one attached hydrogen (secondary N) is 1. The van der Waals surface area contributed by atoms with Gasteiger partial charge in [0.25, 0.3) is 0 Å². The van der Waals surface area contributed by atoms with Crippen LogP contribution in [0.25, 0.3) is 10.8 Å². The van der Waals surface area contributed by atoms with Crippen LogP contribution in [0.15, 0.2) is 47.6 Å². The Morgan fingerprint density at radius 1 is 1.17 bits per heavy atom. The van der Waals surface area contributed by atoms with Gasteiger partial charge in [0.15, 0.2) is 5.16 Å². The topological polar surface area (TPSA) is 59.8 Å². The first kappa shape index (κ1) is 15.6. The van der Waals surface area contributed by atoms with Gasteiger partial charge in [-0.1, -0.05) is 42.1 Å². The lowest BCUT2D eigenvalue weighted by molar-refractivity contribution is -0.115. The molecule has 23 heavy (non-hydrogen) atoms. The summed E-state index contributed by atoms with van der Waals surface area (Å²) < 4.78 is 1.88. The lowest BCUT2D eigenvalue weighted by Gasteiger charge is -2.12. The second-order valence-electron chi connectivity index (χ2n) is 5.40. The smallest absolute Gasteiger partial charge is 0.237 e. The fourth-order valence-electron chi connectivity index (χ4n) is 2.21. The zero-order valence-corrected chi connectivity index (χ0v) is 14.1. The molecule has 1 heterocycles. The van der Waals surface area contributed by atoms with Gasteiger partial charge in [-0.05, 0) is 36.8 Å². The third-order valence-electron chi connectivity index (χ3n) is 3.72. The predicted molar refractivity (Wildman–Crippen MR) is 93.6 cm³/mol. The van der Waals surface area contributed by atoms with E-state index in [0.29, 0.717) is 0 Å². The summed E-state index contributed by atoms with van der Waals surface area (Å²) in [5.74, 6) is 0.778. The highest BCUT2D eigenvalue weighted by molar-refractivity contribution is 8.00. The second kappa shape index (κ2) is 6.42. The molecule has 3 rings (SSSR count). The molecule has 3 aromatic rings. The van der Waals surface area contributed by atoms with Gasteiger partial charge in [-0.3, -0.25) is 4.79 Å². The number of amides is 1. The Balaban J connectivity index is 1.70. The highest BCUT2D eigenvalue weighted by Crippen LogP contribution is 2.23. The summed E-state index contributed by atoms with van der Waals surface area (Å²) in [6.45, 7) is 3.75. The van der Waals surface area contributed by atoms with Crippen molar-refractivity contribution in [3.05, 3.63) is 48.3 Å². The van der Waals surface area contributed by atoms with Crippen molar-refractivity contribution < 1.29 is 4.79 Å². The Morgan fingerprint density at radius 3 is 2.61 bits per heavy atom. The van der Waals surface area contributed by atoms with Crippen molar-refractivity contribution in [2.24, 2.45) is 7.05 Å². The number of nitrogens with zero attached hydrogens (tertiary/aromatic N) is 3. The van der Waals surface area contributed by atoms with Crippen LogP contribution >= 0.6 is 11.8 Å². The molecule has 0 spiro atoms. The molecule has 2 aromatic carbocycles. The summed E-state index contributed by atoms with van der Waals surface area (Å²) in [5.41, 5.74) is 0.801. The molecular weight excluding hydrogens is 308 g/mol. The van der Waals surface area contributed by atoms with Gasteiger partial charge in [0, 0.05) is 12.7 Å². The van der Waals surface area contributed by atoms with Gasteiger partial charge in [-0.25, -0.2) is 0 Å². The molecule has 1 N–H and O–H groups in total. The van der Waals surface area contributed by atoms with Crippen LogP contribution in [0.4, 0.5) is 5.69 Å². The number of hydrogen-bond acceptors (Lipinski definition) is 4. The normalized spacial score (nSPS) is 12.3. The van der Waals surface area contributed by atoms with Crippen LogP contribution in [0, 0.1) is 6.92 Å². The molecule has 0 bridgehead atoms. The average Bonchev–Trinajstić information content (AvgIpc) is 2.86. The maximum Gasteiger partial charge on any atom is 0.237 e. The average molecular weight is 326 g/mol. The fourth-order valence-corrected chi connectivity index (χ4v) is 3.07. The van der Waals surface area contributed by atoms with Crippen LogP contribution in [-0.4, -0.2) is 25.9 Å². The van der Waals surface area contributed by atoms with E-state index in [-0.39, 0.29) is 11.2 Å². The molecule has 1 amide bonds. The predicted octanol–water partition coefficient (Wildman–Crippen LogP) is 3.40. The maximum absolute atomic E-state index is 12.4. The van der Waals surface area contributed by atoms with E-state index in [4.69, 9.17) is 0 Å². The van der Waals surface area contributed by atoms with Gasteiger partial charge in [-0.2, -0.15) is 0 Å². The van der Waals surface area contributed by atoms with Crippen LogP contribution in [-0.2, 0) is 11.8 Å². The summed E-state index contributed by atoms with van der Waals surface area (Å²) in [7, 11) is 1.89. The molecule has 118 valence electrons. The molecule has 1 atom stereocenters. The van der Waals surface area contributed by atoms with E-state index in [9.17, 15) is 4.79 Å². The maximum atomic E-state index is 12.4. The largest absolute Gasteiger partial charge is 0.325 e. The van der Waals surface area contributed by atoms with Crippen molar-refractivity contribution in [1.29, 1.82) is 0 Å². The summed E-state index contributed by atoms with van der Waals surface area (Å²) in [6, 6.07) is 14.0. The molecule has 0 aliphatic heterocycles. The molecule has 0 unspecified atom stereocenters. The van der Waals surface area contributed by atoms with E-state index in [1.807, 2.05) is 61.9 Å². The molecule has 0 aliphatic rings. The minimum absolute atomic E-state index is 0.0501. The van der Waals surface area contributed by atoms with E-state index < -0.39 is 0 Å². The van der Waals surface area contributed by atoms with E-state index in [1.54, 1.807) is 0 Å². The zero-order chi connectivity index (χ0) is 16.4. The summed E-state index contributed by atoms with van der Waals surface area (Å²) in [4.78, 5) is 12.4. The lowest BCUT2D eigenvalue weighted by atomic mass is 10.1. The molecule has 0 fully saturated rings. The molecule has 0 radical (unpaired) electrons. The third kappa shape index (κ3) is 3.37. The molecule has 6 heteroatoms. The monoisotopic (exact) mass is 326 g/mol. The summed E-state index contributed by atoms with van der Waals surface area (Å²) >= 11 is 1.40. The van der Waals surface area contributed by atoms with Crippen molar-refractivity contribution in [2.75, 3.05) is 5.32 Å². The van der Waals surface area contributed by atoms with Gasteiger partial charge in [-0.15, -0.1) is 10.2 Å². The fraction of sp³-hybridized carbons (Fsp3) is 0.235. The van der Waals surface area contributed by atoms with Crippen molar-refractivity contribution >= 4 is 34.1 Å². The Morgan fingerprint density at radius 2 is 1.91 bits per heavy atom. The minimum Gasteiger partial charge on any atom is -0.325 e. The number of benzene rings is 2. The Bertz CT molecular complexity index is 859. The number of hydrogen-bond donors (Lipinski definition) is 1. The van der Waals surface area contributed by atoms with Crippen LogP contribution in [0.5, 0.6) is 0 Å². The van der Waals surface area contributed by atoms with Gasteiger partial charge >= 0.3 is 0 Å². The van der Waals surface area contributed by atoms with E-state index >= 15 is 0 Å². The quantitative estimate of drug-likeness (QED) is 0.747. The van der Waals surface area contributed by atoms with Crippen LogP contribution in [0.1, 0.15) is 12.7 Å². The number of thioether (sulfide) groups is 1. The first-order valence-corrected chi connectivity index (χ1v) is 8.25. The third-order valence-corrected chi connectivity index (χ3v) is 4.85. The molecule has 0 aliphatic carbocycles. The van der Waals surface area contributed by atoms with Crippen LogP contribution in [0.3, 0.4) is 0 Å². The van der Waals surface area contributed by atoms with Gasteiger partial charge in [0.05, 0.1) is 5.25 Å². The Kier molecular flexibility index (Phi) is 4.34. The SMILES string of the molecule is Cc1nnc(S[C@H](C)C(=O)Nc2ccc3ccccc3c2)n1C. The van der Waals surface area contributed by atoms with Gasteiger partial charge in [0.2, 0.25) is 5.91 Å². The van der Waals surface area contributed by atoms with Crippen LogP contribution in [0.2, 0.25) is 0 Å². The van der Waals surface area contributed by atoms with E-state index in [0.717, 1.165) is 27.4 Å². The summed E-state index contributed by atoms with van der Waals surface area (Å²) in [5, 5.41) is 13.8. The summed E-state index contributed by atoms with van der Waals surface area (Å²) in [6.07, 6.45) is 0. The number of carbonyl (C=O) groups excluding carboxylic acids is 1. The number of aromatic nitrogens is 3. The molecule has 0 saturated heterocycles. The van der Waals surface area contributed by atoms with Crippen molar-refractivity contribution in [3.63, 3.8) is 0 Å². The molecular formula is C17H18N4OS. The van der Waals surface area contributed by atoms with Crippen molar-refractivity contribution in [1.82, 2.24) is 14.8 Å². The molecule has 1 aromatic heterocycles. The molecule has 5 nitrogen and oxygen atoms in total. The van der Waals surface area contributed by atoms with E-state index in [2.05, 4.69) is 21.6 Å².